The van der Waals surface area contributed by atoms with E-state index in [0.717, 1.165) is 26.9 Å². The Morgan fingerprint density at radius 3 is 2.47 bits per heavy atom. The Hall–Kier alpha value is -0.910. The molecule has 0 unspecified atom stereocenters. The molecule has 0 spiro atoms. The van der Waals surface area contributed by atoms with Crippen molar-refractivity contribution in [2.45, 2.75) is 20.5 Å². The molecular weight excluding hydrogens is 342 g/mol. The van der Waals surface area contributed by atoms with Crippen molar-refractivity contribution in [2.75, 3.05) is 0 Å². The van der Waals surface area contributed by atoms with Crippen LogP contribution in [0.3, 0.4) is 0 Å². The third kappa shape index (κ3) is 3.35. The Morgan fingerprint density at radius 2 is 2.00 bits per heavy atom. The lowest BCUT2D eigenvalue weighted by Gasteiger charge is -2.13. The zero-order valence-electron chi connectivity index (χ0n) is 10.7. The number of thiocarbonyl (C=S) groups is 1. The number of nitrogens with two attached hydrogens (primary N) is 1. The maximum atomic E-state index is 5.92. The predicted octanol–water partition coefficient (Wildman–Crippen LogP) is 4.34. The average Bonchev–Trinajstić information content (AvgIpc) is 2.73. The van der Waals surface area contributed by atoms with Gasteiger partial charge in [0.05, 0.1) is 4.88 Å². The minimum Gasteiger partial charge on any atom is -0.487 e. The van der Waals surface area contributed by atoms with Gasteiger partial charge < -0.3 is 10.5 Å². The number of hydrogen-bond donors (Lipinski definition) is 1. The van der Waals surface area contributed by atoms with Crippen LogP contribution < -0.4 is 10.5 Å². The first-order valence-corrected chi connectivity index (χ1v) is 7.83. The van der Waals surface area contributed by atoms with Crippen molar-refractivity contribution in [1.82, 2.24) is 0 Å². The number of rotatable bonds is 4. The molecule has 0 aliphatic heterocycles. The zero-order chi connectivity index (χ0) is 14.0. The first kappa shape index (κ1) is 14.5. The minimum absolute atomic E-state index is 0.416. The summed E-state index contributed by atoms with van der Waals surface area (Å²) >= 11 is 10.2. The van der Waals surface area contributed by atoms with Gasteiger partial charge in [-0.1, -0.05) is 12.2 Å². The zero-order valence-corrected chi connectivity index (χ0v) is 13.9. The van der Waals surface area contributed by atoms with E-state index < -0.39 is 0 Å². The van der Waals surface area contributed by atoms with Gasteiger partial charge in [-0.2, -0.15) is 0 Å². The van der Waals surface area contributed by atoms with Gasteiger partial charge in [0, 0.05) is 10.0 Å². The molecular formula is C14H14BrNOS2. The summed E-state index contributed by atoms with van der Waals surface area (Å²) < 4.78 is 7.01. The van der Waals surface area contributed by atoms with Gasteiger partial charge in [0.25, 0.3) is 0 Å². The molecule has 5 heteroatoms. The standard InChI is InChI=1S/C14H14BrNOS2/c1-8-5-10(14(16)18)6-9(2)13(8)17-7-12-11(15)3-4-19-12/h3-6H,7H2,1-2H3,(H2,16,18). The molecule has 0 saturated heterocycles. The molecule has 0 amide bonds. The molecule has 100 valence electrons. The molecule has 1 heterocycles. The van der Waals surface area contributed by atoms with Gasteiger partial charge >= 0.3 is 0 Å². The fourth-order valence-corrected chi connectivity index (χ4v) is 3.38. The van der Waals surface area contributed by atoms with E-state index in [0.29, 0.717) is 11.6 Å². The second-order valence-corrected chi connectivity index (χ2v) is 6.58. The molecule has 19 heavy (non-hydrogen) atoms. The van der Waals surface area contributed by atoms with Crippen LogP contribution in [0.1, 0.15) is 21.6 Å². The maximum Gasteiger partial charge on any atom is 0.125 e. The highest BCUT2D eigenvalue weighted by Gasteiger charge is 2.09. The Morgan fingerprint density at radius 1 is 1.37 bits per heavy atom. The van der Waals surface area contributed by atoms with Crippen molar-refractivity contribution >= 4 is 44.5 Å². The number of ether oxygens (including phenoxy) is 1. The van der Waals surface area contributed by atoms with Crippen LogP contribution in [0.5, 0.6) is 5.75 Å². The fourth-order valence-electron chi connectivity index (χ4n) is 1.89. The normalized spacial score (nSPS) is 10.5. The SMILES string of the molecule is Cc1cc(C(N)=S)cc(C)c1OCc1sccc1Br. The summed E-state index contributed by atoms with van der Waals surface area (Å²) in [5, 5.41) is 2.04. The van der Waals surface area contributed by atoms with Crippen molar-refractivity contribution in [2.24, 2.45) is 5.73 Å². The number of halogens is 1. The Balaban J connectivity index is 2.21. The number of benzene rings is 1. The van der Waals surface area contributed by atoms with Crippen LogP contribution in [0.25, 0.3) is 0 Å². The van der Waals surface area contributed by atoms with Gasteiger partial charge in [0.2, 0.25) is 0 Å². The van der Waals surface area contributed by atoms with E-state index in [1.165, 1.54) is 4.88 Å². The Bertz CT molecular complexity index is 599. The van der Waals surface area contributed by atoms with Gasteiger partial charge in [-0.05, 0) is 64.5 Å². The highest BCUT2D eigenvalue weighted by molar-refractivity contribution is 9.10. The molecule has 1 aromatic carbocycles. The minimum atomic E-state index is 0.416. The molecule has 2 rings (SSSR count). The largest absolute Gasteiger partial charge is 0.487 e. The third-order valence-electron chi connectivity index (χ3n) is 2.78. The van der Waals surface area contributed by atoms with Crippen LogP contribution in [-0.4, -0.2) is 4.99 Å². The Kier molecular flexibility index (Phi) is 4.60. The highest BCUT2D eigenvalue weighted by atomic mass is 79.9. The summed E-state index contributed by atoms with van der Waals surface area (Å²) in [5.74, 6) is 0.903. The van der Waals surface area contributed by atoms with Crippen LogP contribution in [0.2, 0.25) is 0 Å². The van der Waals surface area contributed by atoms with Gasteiger partial charge in [-0.15, -0.1) is 11.3 Å². The molecule has 1 aromatic heterocycles. The smallest absolute Gasteiger partial charge is 0.125 e. The van der Waals surface area contributed by atoms with Crippen molar-refractivity contribution < 1.29 is 4.74 Å². The van der Waals surface area contributed by atoms with Crippen molar-refractivity contribution in [3.8, 4) is 5.75 Å². The maximum absolute atomic E-state index is 5.92. The molecule has 0 bridgehead atoms. The molecule has 2 nitrogen and oxygen atoms in total. The summed E-state index contributed by atoms with van der Waals surface area (Å²) in [6.07, 6.45) is 0. The fraction of sp³-hybridized carbons (Fsp3) is 0.214. The van der Waals surface area contributed by atoms with E-state index in [-0.39, 0.29) is 0 Å². The molecule has 0 atom stereocenters. The van der Waals surface area contributed by atoms with Gasteiger partial charge in [-0.25, -0.2) is 0 Å². The quantitative estimate of drug-likeness (QED) is 0.828. The topological polar surface area (TPSA) is 35.2 Å². The second-order valence-electron chi connectivity index (χ2n) is 4.28. The molecule has 2 N–H and O–H groups in total. The monoisotopic (exact) mass is 355 g/mol. The molecule has 0 radical (unpaired) electrons. The number of thiophene rings is 1. The van der Waals surface area contributed by atoms with Gasteiger partial charge in [0.15, 0.2) is 0 Å². The Labute approximate surface area is 130 Å². The highest BCUT2D eigenvalue weighted by Crippen LogP contribution is 2.28. The summed E-state index contributed by atoms with van der Waals surface area (Å²) in [7, 11) is 0. The van der Waals surface area contributed by atoms with E-state index in [1.54, 1.807) is 11.3 Å². The summed E-state index contributed by atoms with van der Waals surface area (Å²) in [6.45, 7) is 4.58. The van der Waals surface area contributed by atoms with Crippen molar-refractivity contribution in [3.63, 3.8) is 0 Å². The van der Waals surface area contributed by atoms with Crippen LogP contribution in [0.15, 0.2) is 28.1 Å². The molecule has 0 fully saturated rings. The van der Waals surface area contributed by atoms with Crippen LogP contribution in [-0.2, 0) is 6.61 Å². The van der Waals surface area contributed by atoms with E-state index >= 15 is 0 Å². The predicted molar refractivity (Wildman–Crippen MR) is 88.2 cm³/mol. The van der Waals surface area contributed by atoms with Crippen LogP contribution in [0, 0.1) is 13.8 Å². The summed E-state index contributed by atoms with van der Waals surface area (Å²) in [5.41, 5.74) is 8.65. The number of hydrogen-bond acceptors (Lipinski definition) is 3. The van der Waals surface area contributed by atoms with E-state index in [1.807, 2.05) is 37.4 Å². The van der Waals surface area contributed by atoms with Gasteiger partial charge in [-0.3, -0.25) is 0 Å². The van der Waals surface area contributed by atoms with E-state index in [9.17, 15) is 0 Å². The summed E-state index contributed by atoms with van der Waals surface area (Å²) in [6, 6.07) is 5.96. The lowest BCUT2D eigenvalue weighted by molar-refractivity contribution is 0.305. The number of aryl methyl sites for hydroxylation is 2. The van der Waals surface area contributed by atoms with Gasteiger partial charge in [0.1, 0.15) is 17.3 Å². The molecule has 0 saturated carbocycles. The molecule has 0 aliphatic carbocycles. The molecule has 2 aromatic rings. The molecule has 0 aliphatic rings. The summed E-state index contributed by atoms with van der Waals surface area (Å²) in [4.78, 5) is 1.59. The third-order valence-corrected chi connectivity index (χ3v) is 4.92. The average molecular weight is 356 g/mol. The second kappa shape index (κ2) is 6.03. The lowest BCUT2D eigenvalue weighted by Crippen LogP contribution is -2.10. The van der Waals surface area contributed by atoms with E-state index in [4.69, 9.17) is 22.7 Å². The first-order chi connectivity index (χ1) is 8.99. The van der Waals surface area contributed by atoms with Crippen molar-refractivity contribution in [3.05, 3.63) is 49.6 Å². The van der Waals surface area contributed by atoms with Crippen LogP contribution >= 0.6 is 39.5 Å². The first-order valence-electron chi connectivity index (χ1n) is 5.74. The van der Waals surface area contributed by atoms with E-state index in [2.05, 4.69) is 15.9 Å². The lowest BCUT2D eigenvalue weighted by atomic mass is 10.1. The van der Waals surface area contributed by atoms with Crippen LogP contribution in [0.4, 0.5) is 0 Å². The van der Waals surface area contributed by atoms with Crippen molar-refractivity contribution in [1.29, 1.82) is 0 Å².